The average Bonchev–Trinajstić information content (AvgIpc) is 3.67. The monoisotopic (exact) mass is 641 g/mol. The van der Waals surface area contributed by atoms with Crippen LogP contribution in [0.25, 0.3) is 73.0 Å². The Labute approximate surface area is 294 Å². The van der Waals surface area contributed by atoms with E-state index in [4.69, 9.17) is 0 Å². The van der Waals surface area contributed by atoms with E-state index < -0.39 is 0 Å². The van der Waals surface area contributed by atoms with Gasteiger partial charge < -0.3 is 4.57 Å². The second-order valence-electron chi connectivity index (χ2n) is 13.6. The van der Waals surface area contributed by atoms with Gasteiger partial charge in [-0.25, -0.2) is 0 Å². The normalized spacial score (nSPS) is 13.2. The summed E-state index contributed by atoms with van der Waals surface area (Å²) in [4.78, 5) is 0. The summed E-state index contributed by atoms with van der Waals surface area (Å²) in [5, 5.41) is 2.56. The minimum absolute atomic E-state index is 0.0455. The van der Waals surface area contributed by atoms with Gasteiger partial charge in [0.2, 0.25) is 0 Å². The van der Waals surface area contributed by atoms with Gasteiger partial charge in [-0.3, -0.25) is 0 Å². The SMILES string of the molecule is CCC1(CC)c2ccccc2-c2ccc(-n3c4ccccc4c4cc(/C=C/c5ccc(-c6ccc(-c7ccccc7)cc6)cc5)ccc43)cc21. The molecule has 1 heteroatoms. The molecular formula is C49H39N. The van der Waals surface area contributed by atoms with E-state index >= 15 is 0 Å². The van der Waals surface area contributed by atoms with E-state index in [1.165, 1.54) is 83.1 Å². The summed E-state index contributed by atoms with van der Waals surface area (Å²) in [6.45, 7) is 4.69. The van der Waals surface area contributed by atoms with Crippen LogP contribution in [0.15, 0.2) is 164 Å². The molecule has 0 amide bonds. The molecule has 0 radical (unpaired) electrons. The molecule has 0 bridgehead atoms. The fourth-order valence-corrected chi connectivity index (χ4v) is 8.43. The van der Waals surface area contributed by atoms with Crippen molar-refractivity contribution in [3.63, 3.8) is 0 Å². The standard InChI is InChI=1S/C49H39N/c1-3-49(4-2)45-16-10-8-14-41(45)42-30-29-40(33-46(42)49)50-47-17-11-9-15-43(47)44-32-35(22-31-48(44)50)19-18-34-20-23-37(24-21-34)39-27-25-38(26-28-39)36-12-6-5-7-13-36/h5-33H,3-4H2,1-2H3/b19-18+. The molecule has 1 aliphatic rings. The van der Waals surface area contributed by atoms with Crippen LogP contribution in [0.5, 0.6) is 0 Å². The third-order valence-electron chi connectivity index (χ3n) is 11.1. The van der Waals surface area contributed by atoms with Crippen LogP contribution < -0.4 is 0 Å². The van der Waals surface area contributed by atoms with Crippen molar-refractivity contribution in [1.82, 2.24) is 4.57 Å². The van der Waals surface area contributed by atoms with Gasteiger partial charge >= 0.3 is 0 Å². The highest BCUT2D eigenvalue weighted by atomic mass is 15.0. The Morgan fingerprint density at radius 1 is 0.440 bits per heavy atom. The molecule has 8 aromatic rings. The van der Waals surface area contributed by atoms with Gasteiger partial charge in [-0.05, 0) is 98.8 Å². The molecule has 240 valence electrons. The van der Waals surface area contributed by atoms with Crippen LogP contribution in [0.1, 0.15) is 48.9 Å². The number of rotatable bonds is 7. The van der Waals surface area contributed by atoms with Gasteiger partial charge in [0.25, 0.3) is 0 Å². The van der Waals surface area contributed by atoms with Gasteiger partial charge in [0.15, 0.2) is 0 Å². The average molecular weight is 642 g/mol. The Morgan fingerprint density at radius 2 is 1.00 bits per heavy atom. The highest BCUT2D eigenvalue weighted by Gasteiger charge is 2.40. The molecule has 0 fully saturated rings. The number of para-hydroxylation sites is 1. The predicted molar refractivity (Wildman–Crippen MR) is 214 cm³/mol. The largest absolute Gasteiger partial charge is 0.309 e. The Balaban J connectivity index is 1.04. The molecule has 0 aliphatic heterocycles. The minimum Gasteiger partial charge on any atom is -0.309 e. The van der Waals surface area contributed by atoms with Crippen molar-refractivity contribution in [2.75, 3.05) is 0 Å². The summed E-state index contributed by atoms with van der Waals surface area (Å²) in [6, 6.07) is 60.1. The zero-order valence-corrected chi connectivity index (χ0v) is 28.6. The zero-order valence-electron chi connectivity index (χ0n) is 28.6. The number of hydrogen-bond donors (Lipinski definition) is 0. The molecule has 50 heavy (non-hydrogen) atoms. The van der Waals surface area contributed by atoms with Gasteiger partial charge in [-0.1, -0.05) is 159 Å². The van der Waals surface area contributed by atoms with Crippen LogP contribution in [-0.2, 0) is 5.41 Å². The molecule has 1 aliphatic carbocycles. The smallest absolute Gasteiger partial charge is 0.0541 e. The van der Waals surface area contributed by atoms with Crippen molar-refractivity contribution in [2.45, 2.75) is 32.1 Å². The molecule has 0 saturated carbocycles. The van der Waals surface area contributed by atoms with Crippen molar-refractivity contribution in [3.05, 3.63) is 186 Å². The molecule has 0 spiro atoms. The first-order chi connectivity index (χ1) is 24.7. The molecule has 1 aromatic heterocycles. The van der Waals surface area contributed by atoms with E-state index in [9.17, 15) is 0 Å². The molecule has 1 heterocycles. The molecular weight excluding hydrogens is 603 g/mol. The Morgan fingerprint density at radius 3 is 1.74 bits per heavy atom. The number of fused-ring (bicyclic) bond motifs is 6. The second kappa shape index (κ2) is 12.2. The topological polar surface area (TPSA) is 4.93 Å². The van der Waals surface area contributed by atoms with Crippen LogP contribution in [-0.4, -0.2) is 4.57 Å². The van der Waals surface area contributed by atoms with Gasteiger partial charge in [0, 0.05) is 21.9 Å². The third-order valence-corrected chi connectivity index (χ3v) is 11.1. The number of hydrogen-bond acceptors (Lipinski definition) is 0. The molecule has 1 nitrogen and oxygen atoms in total. The van der Waals surface area contributed by atoms with E-state index in [0.717, 1.165) is 12.8 Å². The number of nitrogens with zero attached hydrogens (tertiary/aromatic N) is 1. The Bertz CT molecular complexity index is 2530. The molecule has 0 saturated heterocycles. The fourth-order valence-electron chi connectivity index (χ4n) is 8.43. The number of benzene rings is 7. The molecule has 0 N–H and O–H groups in total. The van der Waals surface area contributed by atoms with Gasteiger partial charge in [-0.2, -0.15) is 0 Å². The van der Waals surface area contributed by atoms with Crippen LogP contribution in [0.3, 0.4) is 0 Å². The van der Waals surface area contributed by atoms with E-state index in [0.29, 0.717) is 0 Å². The summed E-state index contributed by atoms with van der Waals surface area (Å²) < 4.78 is 2.46. The van der Waals surface area contributed by atoms with Crippen LogP contribution >= 0.6 is 0 Å². The summed E-state index contributed by atoms with van der Waals surface area (Å²) in [5.41, 5.74) is 16.8. The maximum atomic E-state index is 2.48. The first kappa shape index (κ1) is 30.2. The Kier molecular flexibility index (Phi) is 7.36. The van der Waals surface area contributed by atoms with Crippen molar-refractivity contribution < 1.29 is 0 Å². The maximum absolute atomic E-state index is 2.48. The third kappa shape index (κ3) is 4.84. The zero-order chi connectivity index (χ0) is 33.7. The summed E-state index contributed by atoms with van der Waals surface area (Å²) >= 11 is 0. The van der Waals surface area contributed by atoms with E-state index in [1.807, 2.05) is 0 Å². The van der Waals surface area contributed by atoms with Crippen molar-refractivity contribution in [2.24, 2.45) is 0 Å². The molecule has 0 atom stereocenters. The highest BCUT2D eigenvalue weighted by Crippen LogP contribution is 2.53. The summed E-state index contributed by atoms with van der Waals surface area (Å²) in [6.07, 6.45) is 6.63. The van der Waals surface area contributed by atoms with Crippen molar-refractivity contribution in [3.8, 4) is 39.1 Å². The lowest BCUT2D eigenvalue weighted by Crippen LogP contribution is -2.23. The quantitative estimate of drug-likeness (QED) is 0.153. The van der Waals surface area contributed by atoms with Crippen LogP contribution in [0.4, 0.5) is 0 Å². The Hall–Kier alpha value is -5.92. The van der Waals surface area contributed by atoms with Crippen LogP contribution in [0, 0.1) is 0 Å². The van der Waals surface area contributed by atoms with Gasteiger partial charge in [-0.15, -0.1) is 0 Å². The first-order valence-corrected chi connectivity index (χ1v) is 17.9. The van der Waals surface area contributed by atoms with E-state index in [1.54, 1.807) is 0 Å². The maximum Gasteiger partial charge on any atom is 0.0541 e. The van der Waals surface area contributed by atoms with Gasteiger partial charge in [0.05, 0.1) is 11.0 Å². The van der Waals surface area contributed by atoms with Crippen molar-refractivity contribution in [1.29, 1.82) is 0 Å². The van der Waals surface area contributed by atoms with Gasteiger partial charge in [0.1, 0.15) is 0 Å². The lowest BCUT2D eigenvalue weighted by atomic mass is 9.74. The molecule has 9 rings (SSSR count). The van der Waals surface area contributed by atoms with E-state index in [2.05, 4.69) is 194 Å². The first-order valence-electron chi connectivity index (χ1n) is 17.9. The molecule has 7 aromatic carbocycles. The number of aromatic nitrogens is 1. The predicted octanol–water partition coefficient (Wildman–Crippen LogP) is 13.4. The minimum atomic E-state index is 0.0455. The molecule has 0 unspecified atom stereocenters. The fraction of sp³-hybridized carbons (Fsp3) is 0.102. The lowest BCUT2D eigenvalue weighted by molar-refractivity contribution is 0.490. The van der Waals surface area contributed by atoms with E-state index in [-0.39, 0.29) is 5.41 Å². The van der Waals surface area contributed by atoms with Crippen LogP contribution in [0.2, 0.25) is 0 Å². The summed E-state index contributed by atoms with van der Waals surface area (Å²) in [5.74, 6) is 0. The summed E-state index contributed by atoms with van der Waals surface area (Å²) in [7, 11) is 0. The lowest BCUT2D eigenvalue weighted by Gasteiger charge is -2.30. The second-order valence-corrected chi connectivity index (χ2v) is 13.6. The van der Waals surface area contributed by atoms with Crippen molar-refractivity contribution >= 4 is 34.0 Å². The highest BCUT2D eigenvalue weighted by molar-refractivity contribution is 6.10.